The SMILES string of the molecule is COc1ccc(C(C)N(c2ccc(OC)cc2)c2nnc(N)c3c(-c4nncc5ccc(C)cc45)c(C)ccc23)cc1. The first-order chi connectivity index (χ1) is 20.4. The number of benzene rings is 4. The van der Waals surface area contributed by atoms with Crippen LogP contribution in [-0.2, 0) is 0 Å². The van der Waals surface area contributed by atoms with Gasteiger partial charge in [0.25, 0.3) is 0 Å². The number of nitrogens with zero attached hydrogens (tertiary/aromatic N) is 5. The van der Waals surface area contributed by atoms with Crippen LogP contribution in [0.2, 0.25) is 0 Å². The van der Waals surface area contributed by atoms with Crippen molar-refractivity contribution in [3.8, 4) is 22.8 Å². The van der Waals surface area contributed by atoms with E-state index in [4.69, 9.17) is 20.3 Å². The van der Waals surface area contributed by atoms with Crippen molar-refractivity contribution < 1.29 is 9.47 Å². The second kappa shape index (κ2) is 11.0. The van der Waals surface area contributed by atoms with Crippen LogP contribution in [0.3, 0.4) is 0 Å². The first-order valence-electron chi connectivity index (χ1n) is 13.7. The van der Waals surface area contributed by atoms with Crippen molar-refractivity contribution in [2.45, 2.75) is 26.8 Å². The summed E-state index contributed by atoms with van der Waals surface area (Å²) < 4.78 is 10.8. The summed E-state index contributed by atoms with van der Waals surface area (Å²) in [5.41, 5.74) is 12.5. The van der Waals surface area contributed by atoms with Gasteiger partial charge in [-0.05, 0) is 74.4 Å². The van der Waals surface area contributed by atoms with Crippen molar-refractivity contribution in [1.29, 1.82) is 0 Å². The van der Waals surface area contributed by atoms with Gasteiger partial charge in [-0.15, -0.1) is 15.3 Å². The maximum atomic E-state index is 6.63. The van der Waals surface area contributed by atoms with Gasteiger partial charge in [-0.25, -0.2) is 0 Å². The van der Waals surface area contributed by atoms with Crippen LogP contribution in [0.4, 0.5) is 17.3 Å². The minimum atomic E-state index is -0.116. The number of aryl methyl sites for hydroxylation is 2. The van der Waals surface area contributed by atoms with E-state index in [1.807, 2.05) is 36.4 Å². The van der Waals surface area contributed by atoms with E-state index in [-0.39, 0.29) is 6.04 Å². The van der Waals surface area contributed by atoms with Crippen LogP contribution < -0.4 is 20.1 Å². The van der Waals surface area contributed by atoms with E-state index in [9.17, 15) is 0 Å². The number of nitrogen functional groups attached to an aromatic ring is 1. The first-order valence-corrected chi connectivity index (χ1v) is 13.7. The highest BCUT2D eigenvalue weighted by atomic mass is 16.5. The van der Waals surface area contributed by atoms with E-state index in [1.165, 1.54) is 0 Å². The third-order valence-electron chi connectivity index (χ3n) is 7.78. The van der Waals surface area contributed by atoms with E-state index in [1.54, 1.807) is 20.4 Å². The highest BCUT2D eigenvalue weighted by molar-refractivity contribution is 6.11. The molecule has 0 spiro atoms. The fraction of sp³-hybridized carbons (Fsp3) is 0.176. The molecular formula is C34H32N6O2. The lowest BCUT2D eigenvalue weighted by Gasteiger charge is -2.32. The molecule has 42 heavy (non-hydrogen) atoms. The molecule has 6 rings (SSSR count). The van der Waals surface area contributed by atoms with Gasteiger partial charge in [-0.2, -0.15) is 5.10 Å². The van der Waals surface area contributed by atoms with E-state index < -0.39 is 0 Å². The predicted octanol–water partition coefficient (Wildman–Crippen LogP) is 7.36. The lowest BCUT2D eigenvalue weighted by molar-refractivity contribution is 0.414. The molecule has 1 unspecified atom stereocenters. The monoisotopic (exact) mass is 556 g/mol. The Morgan fingerprint density at radius 2 is 1.45 bits per heavy atom. The summed E-state index contributed by atoms with van der Waals surface area (Å²) in [4.78, 5) is 2.17. The van der Waals surface area contributed by atoms with Crippen molar-refractivity contribution in [3.63, 3.8) is 0 Å². The van der Waals surface area contributed by atoms with Crippen molar-refractivity contribution in [1.82, 2.24) is 20.4 Å². The maximum Gasteiger partial charge on any atom is 0.164 e. The summed E-state index contributed by atoms with van der Waals surface area (Å²) >= 11 is 0. The highest BCUT2D eigenvalue weighted by Gasteiger charge is 2.26. The van der Waals surface area contributed by atoms with Gasteiger partial charge < -0.3 is 20.1 Å². The second-order valence-electron chi connectivity index (χ2n) is 10.4. The Balaban J connectivity index is 1.62. The van der Waals surface area contributed by atoms with Crippen LogP contribution in [-0.4, -0.2) is 34.6 Å². The van der Waals surface area contributed by atoms with Crippen molar-refractivity contribution in [3.05, 3.63) is 102 Å². The van der Waals surface area contributed by atoms with Gasteiger partial charge in [-0.1, -0.05) is 42.0 Å². The molecule has 0 aliphatic carbocycles. The molecule has 2 aromatic heterocycles. The summed E-state index contributed by atoms with van der Waals surface area (Å²) in [7, 11) is 3.33. The lowest BCUT2D eigenvalue weighted by atomic mass is 9.94. The standard InChI is InChI=1S/C34H32N6O2/c1-20-6-8-24-19-36-37-32(29(24)18-20)30-21(2)7-17-28-31(30)33(35)38-39-34(28)40(25-11-15-27(42-5)16-12-25)22(3)23-9-13-26(41-4)14-10-23/h6-19,22H,1-5H3,(H2,35,38). The Morgan fingerprint density at radius 3 is 2.14 bits per heavy atom. The van der Waals surface area contributed by atoms with Crippen molar-refractivity contribution in [2.24, 2.45) is 0 Å². The number of aromatic nitrogens is 4. The zero-order valence-corrected chi connectivity index (χ0v) is 24.3. The fourth-order valence-corrected chi connectivity index (χ4v) is 5.53. The average Bonchev–Trinajstić information content (AvgIpc) is 3.02. The second-order valence-corrected chi connectivity index (χ2v) is 10.4. The molecule has 0 saturated carbocycles. The summed E-state index contributed by atoms with van der Waals surface area (Å²) in [5.74, 6) is 2.59. The summed E-state index contributed by atoms with van der Waals surface area (Å²) in [6.07, 6.45) is 1.79. The topological polar surface area (TPSA) is 99.3 Å². The van der Waals surface area contributed by atoms with Crippen LogP contribution in [0.1, 0.15) is 29.7 Å². The Morgan fingerprint density at radius 1 is 0.762 bits per heavy atom. The highest BCUT2D eigenvalue weighted by Crippen LogP contribution is 2.43. The van der Waals surface area contributed by atoms with Crippen LogP contribution >= 0.6 is 0 Å². The fourth-order valence-electron chi connectivity index (χ4n) is 5.53. The zero-order chi connectivity index (χ0) is 29.4. The van der Waals surface area contributed by atoms with Crippen molar-refractivity contribution in [2.75, 3.05) is 24.9 Å². The molecule has 210 valence electrons. The lowest BCUT2D eigenvalue weighted by Crippen LogP contribution is -2.23. The molecule has 0 aliphatic rings. The summed E-state index contributed by atoms with van der Waals surface area (Å²) in [6.45, 7) is 6.28. The molecule has 1 atom stereocenters. The molecule has 0 aliphatic heterocycles. The number of hydrogen-bond acceptors (Lipinski definition) is 8. The van der Waals surface area contributed by atoms with Crippen LogP contribution in [0, 0.1) is 13.8 Å². The Labute approximate surface area is 244 Å². The minimum Gasteiger partial charge on any atom is -0.497 e. The van der Waals surface area contributed by atoms with E-state index in [0.717, 1.165) is 66.7 Å². The largest absolute Gasteiger partial charge is 0.497 e. The Kier molecular flexibility index (Phi) is 7.04. The molecule has 0 bridgehead atoms. The number of anilines is 3. The van der Waals surface area contributed by atoms with Gasteiger partial charge >= 0.3 is 0 Å². The first kappa shape index (κ1) is 27.0. The van der Waals surface area contributed by atoms with Gasteiger partial charge in [-0.3, -0.25) is 0 Å². The third kappa shape index (κ3) is 4.71. The van der Waals surface area contributed by atoms with Crippen molar-refractivity contribution >= 4 is 38.9 Å². The average molecular weight is 557 g/mol. The number of rotatable bonds is 7. The third-order valence-corrected chi connectivity index (χ3v) is 7.78. The van der Waals surface area contributed by atoms with Gasteiger partial charge in [0.05, 0.1) is 26.5 Å². The van der Waals surface area contributed by atoms with E-state index in [2.05, 4.69) is 83.4 Å². The molecule has 2 heterocycles. The normalized spacial score (nSPS) is 11.9. The van der Waals surface area contributed by atoms with E-state index in [0.29, 0.717) is 11.6 Å². The Hall–Kier alpha value is -5.24. The molecule has 0 saturated heterocycles. The number of methoxy groups -OCH3 is 2. The Bertz CT molecular complexity index is 1910. The molecular weight excluding hydrogens is 524 g/mol. The van der Waals surface area contributed by atoms with Crippen LogP contribution in [0.25, 0.3) is 32.8 Å². The molecule has 0 amide bonds. The van der Waals surface area contributed by atoms with E-state index >= 15 is 0 Å². The molecule has 6 aromatic rings. The number of hydrogen-bond donors (Lipinski definition) is 1. The molecule has 2 N–H and O–H groups in total. The van der Waals surface area contributed by atoms with Gasteiger partial charge in [0.1, 0.15) is 17.2 Å². The molecule has 0 fully saturated rings. The van der Waals surface area contributed by atoms with Crippen LogP contribution in [0.15, 0.2) is 85.1 Å². The van der Waals surface area contributed by atoms with Gasteiger partial charge in [0.2, 0.25) is 0 Å². The minimum absolute atomic E-state index is 0.116. The molecule has 8 heteroatoms. The van der Waals surface area contributed by atoms with Crippen LogP contribution in [0.5, 0.6) is 11.5 Å². The predicted molar refractivity (Wildman–Crippen MR) is 168 cm³/mol. The van der Waals surface area contributed by atoms with Gasteiger partial charge in [0, 0.05) is 32.8 Å². The number of fused-ring (bicyclic) bond motifs is 2. The van der Waals surface area contributed by atoms with Gasteiger partial charge in [0.15, 0.2) is 11.6 Å². The maximum absolute atomic E-state index is 6.63. The summed E-state index contributed by atoms with van der Waals surface area (Å²) in [6, 6.07) is 26.3. The molecule has 4 aromatic carbocycles. The molecule has 0 radical (unpaired) electrons. The number of nitrogens with two attached hydrogens (primary N) is 1. The smallest absolute Gasteiger partial charge is 0.164 e. The molecule has 8 nitrogen and oxygen atoms in total. The number of ether oxygens (including phenoxy) is 2. The summed E-state index contributed by atoms with van der Waals surface area (Å²) in [5, 5.41) is 21.9. The zero-order valence-electron chi connectivity index (χ0n) is 24.3. The quantitative estimate of drug-likeness (QED) is 0.218.